The van der Waals surface area contributed by atoms with Gasteiger partial charge in [0.1, 0.15) is 17.6 Å². The molecular weight excluding hydrogens is 294 g/mol. The van der Waals surface area contributed by atoms with E-state index in [1.807, 2.05) is 13.8 Å². The predicted octanol–water partition coefficient (Wildman–Crippen LogP) is 2.24. The van der Waals surface area contributed by atoms with Gasteiger partial charge in [-0.05, 0) is 12.3 Å². The summed E-state index contributed by atoms with van der Waals surface area (Å²) >= 11 is 5.94. The molecule has 7 heteroatoms. The third kappa shape index (κ3) is 4.14. The van der Waals surface area contributed by atoms with Gasteiger partial charge in [-0.3, -0.25) is 4.79 Å². The summed E-state index contributed by atoms with van der Waals surface area (Å²) in [5.41, 5.74) is 0.0254. The number of carboxylic acids is 1. The van der Waals surface area contributed by atoms with Crippen LogP contribution in [0.25, 0.3) is 0 Å². The van der Waals surface area contributed by atoms with Crippen LogP contribution in [-0.4, -0.2) is 33.0 Å². The number of hydrogen-bond acceptors (Lipinski definition) is 4. The summed E-state index contributed by atoms with van der Waals surface area (Å²) in [4.78, 5) is 31.6. The highest BCUT2D eigenvalue weighted by Gasteiger charge is 2.31. The van der Waals surface area contributed by atoms with Crippen molar-refractivity contribution in [2.45, 2.75) is 45.1 Å². The normalized spacial score (nSPS) is 15.8. The molecule has 0 saturated heterocycles. The lowest BCUT2D eigenvalue weighted by atomic mass is 10.1. The Morgan fingerprint density at radius 3 is 2.67 bits per heavy atom. The van der Waals surface area contributed by atoms with Crippen LogP contribution >= 0.6 is 11.6 Å². The highest BCUT2D eigenvalue weighted by atomic mass is 35.5. The number of aromatic nitrogens is 2. The van der Waals surface area contributed by atoms with Crippen molar-refractivity contribution in [1.29, 1.82) is 0 Å². The van der Waals surface area contributed by atoms with Gasteiger partial charge in [0.2, 0.25) is 0 Å². The molecule has 1 saturated carbocycles. The first-order valence-electron chi connectivity index (χ1n) is 6.94. The Hall–Kier alpha value is -1.69. The zero-order valence-corrected chi connectivity index (χ0v) is 12.7. The fraction of sp³-hybridized carbons (Fsp3) is 0.571. The van der Waals surface area contributed by atoms with Crippen molar-refractivity contribution in [2.24, 2.45) is 5.92 Å². The predicted molar refractivity (Wildman–Crippen MR) is 77.4 cm³/mol. The first-order valence-corrected chi connectivity index (χ1v) is 7.32. The lowest BCUT2D eigenvalue weighted by molar-refractivity contribution is -0.139. The number of amides is 1. The van der Waals surface area contributed by atoms with Crippen molar-refractivity contribution in [2.75, 3.05) is 0 Å². The SMILES string of the molecule is CC(C)c1ncc(Cl)c(C(=O)NC(CC2CC2)C(=O)O)n1. The summed E-state index contributed by atoms with van der Waals surface area (Å²) < 4.78 is 0. The maximum Gasteiger partial charge on any atom is 0.326 e. The van der Waals surface area contributed by atoms with Crippen LogP contribution in [0, 0.1) is 5.92 Å². The van der Waals surface area contributed by atoms with Gasteiger partial charge >= 0.3 is 5.97 Å². The van der Waals surface area contributed by atoms with Crippen LogP contribution in [0.5, 0.6) is 0 Å². The van der Waals surface area contributed by atoms with Crippen LogP contribution in [0.1, 0.15) is 55.3 Å². The lowest BCUT2D eigenvalue weighted by Gasteiger charge is -2.14. The summed E-state index contributed by atoms with van der Waals surface area (Å²) in [5, 5.41) is 11.8. The van der Waals surface area contributed by atoms with E-state index >= 15 is 0 Å². The Balaban J connectivity index is 2.14. The van der Waals surface area contributed by atoms with Crippen molar-refractivity contribution in [3.8, 4) is 0 Å². The number of carboxylic acid groups (broad SMARTS) is 1. The molecule has 6 nitrogen and oxygen atoms in total. The summed E-state index contributed by atoms with van der Waals surface area (Å²) in [5.74, 6) is -0.672. The average molecular weight is 312 g/mol. The van der Waals surface area contributed by atoms with Gasteiger partial charge in [0.05, 0.1) is 11.2 Å². The van der Waals surface area contributed by atoms with E-state index in [9.17, 15) is 14.7 Å². The van der Waals surface area contributed by atoms with Crippen molar-refractivity contribution in [3.05, 3.63) is 22.7 Å². The molecule has 0 radical (unpaired) electrons. The van der Waals surface area contributed by atoms with Gasteiger partial charge in [0.15, 0.2) is 0 Å². The second kappa shape index (κ2) is 6.39. The molecule has 0 aromatic carbocycles. The van der Waals surface area contributed by atoms with Crippen LogP contribution in [0.15, 0.2) is 6.20 Å². The number of rotatable bonds is 6. The Morgan fingerprint density at radius 2 is 2.14 bits per heavy atom. The standard InChI is InChI=1S/C14H18ClN3O3/c1-7(2)12-16-6-9(15)11(18-12)13(19)17-10(14(20)21)5-8-3-4-8/h6-8,10H,3-5H2,1-2H3,(H,17,19)(H,20,21). The molecule has 1 aromatic rings. The van der Waals surface area contributed by atoms with Gasteiger partial charge in [-0.25, -0.2) is 14.8 Å². The summed E-state index contributed by atoms with van der Waals surface area (Å²) in [6.45, 7) is 3.80. The molecule has 1 atom stereocenters. The van der Waals surface area contributed by atoms with Crippen LogP contribution in [0.2, 0.25) is 5.02 Å². The Morgan fingerprint density at radius 1 is 1.48 bits per heavy atom. The van der Waals surface area contributed by atoms with E-state index in [2.05, 4.69) is 15.3 Å². The largest absolute Gasteiger partial charge is 0.480 e. The molecule has 0 bridgehead atoms. The number of carbonyl (C=O) groups is 2. The zero-order valence-electron chi connectivity index (χ0n) is 12.0. The Bertz CT molecular complexity index is 558. The quantitative estimate of drug-likeness (QED) is 0.840. The van der Waals surface area contributed by atoms with E-state index in [0.29, 0.717) is 18.2 Å². The molecule has 114 valence electrons. The number of hydrogen-bond donors (Lipinski definition) is 2. The van der Waals surface area contributed by atoms with Crippen LogP contribution in [-0.2, 0) is 4.79 Å². The summed E-state index contributed by atoms with van der Waals surface area (Å²) in [7, 11) is 0. The second-order valence-electron chi connectivity index (χ2n) is 5.62. The van der Waals surface area contributed by atoms with Gasteiger partial charge in [-0.1, -0.05) is 38.3 Å². The average Bonchev–Trinajstić information content (AvgIpc) is 3.21. The first-order chi connectivity index (χ1) is 9.88. The molecule has 0 spiro atoms. The Kier molecular flexibility index (Phi) is 4.77. The lowest BCUT2D eigenvalue weighted by Crippen LogP contribution is -2.41. The molecule has 0 aliphatic heterocycles. The van der Waals surface area contributed by atoms with Gasteiger partial charge in [0, 0.05) is 5.92 Å². The van der Waals surface area contributed by atoms with E-state index in [1.54, 1.807) is 0 Å². The van der Waals surface area contributed by atoms with E-state index in [0.717, 1.165) is 12.8 Å². The molecule has 1 amide bonds. The van der Waals surface area contributed by atoms with Crippen molar-refractivity contribution in [1.82, 2.24) is 15.3 Å². The summed E-state index contributed by atoms with van der Waals surface area (Å²) in [6, 6.07) is -0.904. The number of aliphatic carboxylic acids is 1. The molecule has 21 heavy (non-hydrogen) atoms. The third-order valence-corrected chi connectivity index (χ3v) is 3.64. The van der Waals surface area contributed by atoms with Gasteiger partial charge in [-0.2, -0.15) is 0 Å². The molecule has 1 aliphatic carbocycles. The Labute approximate surface area is 127 Å². The molecule has 1 aromatic heterocycles. The monoisotopic (exact) mass is 311 g/mol. The minimum Gasteiger partial charge on any atom is -0.480 e. The fourth-order valence-electron chi connectivity index (χ4n) is 1.95. The minimum absolute atomic E-state index is 0.0254. The topological polar surface area (TPSA) is 92.2 Å². The van der Waals surface area contributed by atoms with Crippen LogP contribution < -0.4 is 5.32 Å². The highest BCUT2D eigenvalue weighted by molar-refractivity contribution is 6.33. The molecule has 1 heterocycles. The van der Waals surface area contributed by atoms with E-state index in [-0.39, 0.29) is 16.6 Å². The number of carbonyl (C=O) groups excluding carboxylic acids is 1. The molecule has 1 aliphatic rings. The zero-order chi connectivity index (χ0) is 15.6. The molecule has 1 unspecified atom stereocenters. The first kappa shape index (κ1) is 15.7. The van der Waals surface area contributed by atoms with Gasteiger partial charge < -0.3 is 10.4 Å². The van der Waals surface area contributed by atoms with E-state index < -0.39 is 17.9 Å². The summed E-state index contributed by atoms with van der Waals surface area (Å²) in [6.07, 6.45) is 3.85. The van der Waals surface area contributed by atoms with Crippen molar-refractivity contribution >= 4 is 23.5 Å². The van der Waals surface area contributed by atoms with Crippen molar-refractivity contribution < 1.29 is 14.7 Å². The maximum absolute atomic E-state index is 12.2. The highest BCUT2D eigenvalue weighted by Crippen LogP contribution is 2.33. The smallest absolute Gasteiger partial charge is 0.326 e. The van der Waals surface area contributed by atoms with Crippen molar-refractivity contribution in [3.63, 3.8) is 0 Å². The number of nitrogens with one attached hydrogen (secondary N) is 1. The molecule has 1 fully saturated rings. The van der Waals surface area contributed by atoms with E-state index in [4.69, 9.17) is 11.6 Å². The van der Waals surface area contributed by atoms with Crippen LogP contribution in [0.3, 0.4) is 0 Å². The molecule has 2 rings (SSSR count). The number of halogens is 1. The van der Waals surface area contributed by atoms with Crippen LogP contribution in [0.4, 0.5) is 0 Å². The van der Waals surface area contributed by atoms with E-state index in [1.165, 1.54) is 6.20 Å². The second-order valence-corrected chi connectivity index (χ2v) is 6.03. The third-order valence-electron chi connectivity index (χ3n) is 3.36. The number of nitrogens with zero attached hydrogens (tertiary/aromatic N) is 2. The maximum atomic E-state index is 12.2. The van der Waals surface area contributed by atoms with Gasteiger partial charge in [0.25, 0.3) is 5.91 Å². The fourth-order valence-corrected chi connectivity index (χ4v) is 2.13. The van der Waals surface area contributed by atoms with Gasteiger partial charge in [-0.15, -0.1) is 0 Å². The molecule has 2 N–H and O–H groups in total. The molecular formula is C14H18ClN3O3. The minimum atomic E-state index is -1.04.